The van der Waals surface area contributed by atoms with Crippen molar-refractivity contribution in [3.05, 3.63) is 70.2 Å². The quantitative estimate of drug-likeness (QED) is 0.744. The molecule has 1 amide bonds. The van der Waals surface area contributed by atoms with E-state index in [-0.39, 0.29) is 12.3 Å². The van der Waals surface area contributed by atoms with Gasteiger partial charge in [-0.05, 0) is 23.6 Å². The highest BCUT2D eigenvalue weighted by molar-refractivity contribution is 9.10. The van der Waals surface area contributed by atoms with E-state index in [1.165, 1.54) is 0 Å². The van der Waals surface area contributed by atoms with Gasteiger partial charge in [-0.2, -0.15) is 0 Å². The number of hydrogen-bond donors (Lipinski definition) is 1. The molecular weight excluding hydrogens is 370 g/mol. The third-order valence-electron chi connectivity index (χ3n) is 3.69. The summed E-state index contributed by atoms with van der Waals surface area (Å²) < 4.78 is 0.906. The molecule has 126 valence electrons. The van der Waals surface area contributed by atoms with Crippen molar-refractivity contribution in [3.8, 4) is 0 Å². The van der Waals surface area contributed by atoms with E-state index in [4.69, 9.17) is 5.11 Å². The van der Waals surface area contributed by atoms with Gasteiger partial charge in [0, 0.05) is 24.0 Å². The van der Waals surface area contributed by atoms with Crippen LogP contribution in [0.15, 0.2) is 59.1 Å². The number of aliphatic carboxylic acids is 1. The van der Waals surface area contributed by atoms with Crippen LogP contribution in [0.25, 0.3) is 0 Å². The largest absolute Gasteiger partial charge is 0.481 e. The van der Waals surface area contributed by atoms with Gasteiger partial charge in [0.1, 0.15) is 0 Å². The minimum atomic E-state index is -0.840. The lowest BCUT2D eigenvalue weighted by Gasteiger charge is -2.23. The first-order valence-corrected chi connectivity index (χ1v) is 8.62. The highest BCUT2D eigenvalue weighted by Crippen LogP contribution is 2.18. The Balaban J connectivity index is 2.06. The minimum absolute atomic E-state index is 0.00357. The zero-order valence-electron chi connectivity index (χ0n) is 13.3. The van der Waals surface area contributed by atoms with Crippen molar-refractivity contribution in [2.45, 2.75) is 25.8 Å². The first-order valence-electron chi connectivity index (χ1n) is 7.83. The summed E-state index contributed by atoms with van der Waals surface area (Å²) >= 11 is 3.46. The van der Waals surface area contributed by atoms with Gasteiger partial charge in [0.15, 0.2) is 0 Å². The third kappa shape index (κ3) is 5.81. The van der Waals surface area contributed by atoms with Crippen molar-refractivity contribution in [3.63, 3.8) is 0 Å². The second-order valence-electron chi connectivity index (χ2n) is 5.57. The van der Waals surface area contributed by atoms with Gasteiger partial charge >= 0.3 is 5.97 Å². The Hall–Kier alpha value is -2.14. The van der Waals surface area contributed by atoms with Gasteiger partial charge in [-0.1, -0.05) is 64.5 Å². The predicted molar refractivity (Wildman–Crippen MR) is 96.6 cm³/mol. The lowest BCUT2D eigenvalue weighted by atomic mass is 10.1. The standard InChI is InChI=1S/C19H20BrNO3/c20-17-10-5-4-9-16(17)13-18(22)21(12-6-11-19(23)24)14-15-7-2-1-3-8-15/h1-5,7-10H,6,11-14H2,(H,23,24). The molecule has 0 fully saturated rings. The maximum Gasteiger partial charge on any atom is 0.303 e. The number of nitrogens with zero attached hydrogens (tertiary/aromatic N) is 1. The van der Waals surface area contributed by atoms with Crippen molar-refractivity contribution < 1.29 is 14.7 Å². The molecule has 0 aliphatic carbocycles. The average molecular weight is 390 g/mol. The molecule has 0 radical (unpaired) electrons. The second kappa shape index (κ2) is 9.23. The first kappa shape index (κ1) is 18.2. The van der Waals surface area contributed by atoms with Crippen LogP contribution in [0.2, 0.25) is 0 Å². The molecule has 4 nitrogen and oxygen atoms in total. The Bertz CT molecular complexity index is 688. The van der Waals surface area contributed by atoms with Crippen molar-refractivity contribution in [1.29, 1.82) is 0 Å². The maximum atomic E-state index is 12.7. The smallest absolute Gasteiger partial charge is 0.303 e. The van der Waals surface area contributed by atoms with E-state index in [0.717, 1.165) is 15.6 Å². The van der Waals surface area contributed by atoms with Crippen LogP contribution in [-0.4, -0.2) is 28.4 Å². The number of benzene rings is 2. The van der Waals surface area contributed by atoms with Crippen LogP contribution in [0.1, 0.15) is 24.0 Å². The molecular formula is C19H20BrNO3. The van der Waals surface area contributed by atoms with E-state index in [1.807, 2.05) is 54.6 Å². The molecule has 2 aromatic rings. The van der Waals surface area contributed by atoms with Gasteiger partial charge in [-0.15, -0.1) is 0 Å². The minimum Gasteiger partial charge on any atom is -0.481 e. The predicted octanol–water partition coefficient (Wildman–Crippen LogP) is 3.89. The summed E-state index contributed by atoms with van der Waals surface area (Å²) in [6.07, 6.45) is 0.804. The summed E-state index contributed by atoms with van der Waals surface area (Å²) in [5, 5.41) is 8.82. The second-order valence-corrected chi connectivity index (χ2v) is 6.42. The zero-order valence-corrected chi connectivity index (χ0v) is 14.9. The molecule has 0 spiro atoms. The van der Waals surface area contributed by atoms with Crippen LogP contribution in [0.5, 0.6) is 0 Å². The van der Waals surface area contributed by atoms with Gasteiger partial charge in [-0.25, -0.2) is 0 Å². The molecule has 2 aromatic carbocycles. The van der Waals surface area contributed by atoms with E-state index in [9.17, 15) is 9.59 Å². The van der Waals surface area contributed by atoms with E-state index in [2.05, 4.69) is 15.9 Å². The molecule has 0 aliphatic heterocycles. The van der Waals surface area contributed by atoms with Crippen LogP contribution < -0.4 is 0 Å². The fourth-order valence-electron chi connectivity index (χ4n) is 2.43. The molecule has 0 saturated heterocycles. The van der Waals surface area contributed by atoms with Crippen LogP contribution in [0.3, 0.4) is 0 Å². The Morgan fingerprint density at radius 1 is 1.00 bits per heavy atom. The van der Waals surface area contributed by atoms with E-state index in [1.54, 1.807) is 4.90 Å². The lowest BCUT2D eigenvalue weighted by molar-refractivity contribution is -0.138. The Morgan fingerprint density at radius 2 is 1.67 bits per heavy atom. The fourth-order valence-corrected chi connectivity index (χ4v) is 2.86. The Labute approximate surface area is 150 Å². The number of halogens is 1. The lowest BCUT2D eigenvalue weighted by Crippen LogP contribution is -2.33. The first-order chi connectivity index (χ1) is 11.6. The normalized spacial score (nSPS) is 10.4. The number of amides is 1. The molecule has 0 bridgehead atoms. The number of hydrogen-bond acceptors (Lipinski definition) is 2. The summed E-state index contributed by atoms with van der Waals surface area (Å²) in [5.74, 6) is -0.843. The van der Waals surface area contributed by atoms with Gasteiger partial charge in [0.05, 0.1) is 6.42 Å². The van der Waals surface area contributed by atoms with Crippen LogP contribution >= 0.6 is 15.9 Å². The fraction of sp³-hybridized carbons (Fsp3) is 0.263. The molecule has 0 unspecified atom stereocenters. The number of rotatable bonds is 8. The molecule has 0 atom stereocenters. The molecule has 1 N–H and O–H groups in total. The van der Waals surface area contributed by atoms with Crippen molar-refractivity contribution in [2.24, 2.45) is 0 Å². The van der Waals surface area contributed by atoms with Gasteiger partial charge < -0.3 is 10.0 Å². The number of carbonyl (C=O) groups excluding carboxylic acids is 1. The summed E-state index contributed by atoms with van der Waals surface area (Å²) in [5.41, 5.74) is 1.96. The molecule has 0 aliphatic rings. The Kier molecular flexibility index (Phi) is 7.00. The van der Waals surface area contributed by atoms with Crippen molar-refractivity contribution in [2.75, 3.05) is 6.54 Å². The van der Waals surface area contributed by atoms with Crippen molar-refractivity contribution in [1.82, 2.24) is 4.90 Å². The average Bonchev–Trinajstić information content (AvgIpc) is 2.56. The molecule has 2 rings (SSSR count). The number of carbonyl (C=O) groups is 2. The van der Waals surface area contributed by atoms with Gasteiger partial charge in [0.2, 0.25) is 5.91 Å². The number of carboxylic acid groups (broad SMARTS) is 1. The summed E-state index contributed by atoms with van der Waals surface area (Å²) in [7, 11) is 0. The van der Waals surface area contributed by atoms with Gasteiger partial charge in [0.25, 0.3) is 0 Å². The number of carboxylic acids is 1. The zero-order chi connectivity index (χ0) is 17.4. The third-order valence-corrected chi connectivity index (χ3v) is 4.46. The molecule has 0 saturated carbocycles. The summed E-state index contributed by atoms with van der Waals surface area (Å²) in [6, 6.07) is 17.4. The van der Waals surface area contributed by atoms with Crippen LogP contribution in [-0.2, 0) is 22.6 Å². The Morgan fingerprint density at radius 3 is 2.33 bits per heavy atom. The summed E-state index contributed by atoms with van der Waals surface area (Å²) in [4.78, 5) is 25.2. The monoisotopic (exact) mass is 389 g/mol. The molecule has 0 aromatic heterocycles. The topological polar surface area (TPSA) is 57.6 Å². The van der Waals surface area contributed by atoms with Gasteiger partial charge in [-0.3, -0.25) is 9.59 Å². The molecule has 24 heavy (non-hydrogen) atoms. The summed E-state index contributed by atoms with van der Waals surface area (Å²) in [6.45, 7) is 0.925. The maximum absolute atomic E-state index is 12.7. The SMILES string of the molecule is O=C(O)CCCN(Cc1ccccc1)C(=O)Cc1ccccc1Br. The molecule has 0 heterocycles. The highest BCUT2D eigenvalue weighted by atomic mass is 79.9. The highest BCUT2D eigenvalue weighted by Gasteiger charge is 2.16. The van der Waals surface area contributed by atoms with E-state index < -0.39 is 5.97 Å². The van der Waals surface area contributed by atoms with Crippen LogP contribution in [0.4, 0.5) is 0 Å². The van der Waals surface area contributed by atoms with Crippen molar-refractivity contribution >= 4 is 27.8 Å². The van der Waals surface area contributed by atoms with Crippen LogP contribution in [0, 0.1) is 0 Å². The van der Waals surface area contributed by atoms with E-state index >= 15 is 0 Å². The van der Waals surface area contributed by atoms with E-state index in [0.29, 0.717) is 25.9 Å². The molecule has 5 heteroatoms.